The molecule has 11 heavy (non-hydrogen) atoms. The van der Waals surface area contributed by atoms with Crippen molar-refractivity contribution in [2.75, 3.05) is 0 Å². The van der Waals surface area contributed by atoms with E-state index in [1.807, 2.05) is 25.2 Å². The summed E-state index contributed by atoms with van der Waals surface area (Å²) in [6.07, 6.45) is 16.3. The van der Waals surface area contributed by atoms with Crippen LogP contribution >= 0.6 is 0 Å². The van der Waals surface area contributed by atoms with Crippen molar-refractivity contribution < 1.29 is 0 Å². The fourth-order valence-electron chi connectivity index (χ4n) is 0.736. The van der Waals surface area contributed by atoms with Gasteiger partial charge in [0.25, 0.3) is 0 Å². The second-order valence-electron chi connectivity index (χ2n) is 2.48. The zero-order valence-corrected chi connectivity index (χ0v) is 7.59. The Kier molecular flexibility index (Phi) is 8.57. The molecule has 0 aliphatic heterocycles. The second-order valence-corrected chi connectivity index (χ2v) is 2.48. The predicted octanol–water partition coefficient (Wildman–Crippen LogP) is 3.87. The van der Waals surface area contributed by atoms with Gasteiger partial charge >= 0.3 is 0 Å². The molecule has 0 rings (SSSR count). The fraction of sp³-hybridized carbons (Fsp3) is 0.455. The molecule has 0 aliphatic rings. The first-order valence-corrected chi connectivity index (χ1v) is 4.36. The molecular weight excluding hydrogens is 132 g/mol. The topological polar surface area (TPSA) is 0 Å². The molecule has 0 heterocycles. The van der Waals surface area contributed by atoms with Crippen LogP contribution in [-0.4, -0.2) is 0 Å². The third-order valence-corrected chi connectivity index (χ3v) is 1.39. The summed E-state index contributed by atoms with van der Waals surface area (Å²) in [6, 6.07) is 0. The highest BCUT2D eigenvalue weighted by molar-refractivity contribution is 5.10. The van der Waals surface area contributed by atoms with Gasteiger partial charge < -0.3 is 0 Å². The van der Waals surface area contributed by atoms with Gasteiger partial charge in [0, 0.05) is 0 Å². The summed E-state index contributed by atoms with van der Waals surface area (Å²) in [6.45, 7) is 4.23. The lowest BCUT2D eigenvalue weighted by Crippen LogP contribution is -1.64. The molecule has 0 radical (unpaired) electrons. The number of hydrogen-bond acceptors (Lipinski definition) is 0. The Labute approximate surface area is 70.3 Å². The van der Waals surface area contributed by atoms with Crippen molar-refractivity contribution in [2.24, 2.45) is 0 Å². The molecule has 0 spiro atoms. The number of unbranched alkanes of at least 4 members (excludes halogenated alkanes) is 2. The Hall–Kier alpha value is -0.780. The molecule has 0 aliphatic carbocycles. The lowest BCUT2D eigenvalue weighted by atomic mass is 10.2. The van der Waals surface area contributed by atoms with E-state index in [2.05, 4.69) is 25.2 Å². The van der Waals surface area contributed by atoms with Gasteiger partial charge in [-0.3, -0.25) is 0 Å². The van der Waals surface area contributed by atoms with Crippen LogP contribution in [0.15, 0.2) is 36.5 Å². The minimum Gasteiger partial charge on any atom is -0.0877 e. The van der Waals surface area contributed by atoms with E-state index in [1.165, 1.54) is 19.3 Å². The van der Waals surface area contributed by atoms with E-state index in [9.17, 15) is 0 Å². The van der Waals surface area contributed by atoms with Gasteiger partial charge in [-0.05, 0) is 13.3 Å². The van der Waals surface area contributed by atoms with Crippen LogP contribution in [0.4, 0.5) is 0 Å². The standard InChI is InChI=1S/C11H18/c1-3-5-7-9-11-10-8-6-4-2/h3,5,7,9-11H,4,6,8H2,1-2H3/b5-3+,9-7+,11-10-. The fourth-order valence-corrected chi connectivity index (χ4v) is 0.736. The summed E-state index contributed by atoms with van der Waals surface area (Å²) in [5.74, 6) is 0. The van der Waals surface area contributed by atoms with Crippen molar-refractivity contribution >= 4 is 0 Å². The van der Waals surface area contributed by atoms with Crippen LogP contribution in [0, 0.1) is 0 Å². The van der Waals surface area contributed by atoms with Crippen LogP contribution in [0.5, 0.6) is 0 Å². The first-order valence-electron chi connectivity index (χ1n) is 4.36. The Morgan fingerprint density at radius 3 is 2.36 bits per heavy atom. The van der Waals surface area contributed by atoms with Crippen molar-refractivity contribution in [3.05, 3.63) is 36.5 Å². The maximum atomic E-state index is 2.21. The van der Waals surface area contributed by atoms with Crippen LogP contribution in [0.25, 0.3) is 0 Å². The average Bonchev–Trinajstić information content (AvgIpc) is 2.03. The van der Waals surface area contributed by atoms with Gasteiger partial charge in [-0.15, -0.1) is 0 Å². The summed E-state index contributed by atoms with van der Waals surface area (Å²) in [4.78, 5) is 0. The van der Waals surface area contributed by atoms with E-state index in [-0.39, 0.29) is 0 Å². The van der Waals surface area contributed by atoms with Crippen molar-refractivity contribution in [1.82, 2.24) is 0 Å². The molecule has 0 unspecified atom stereocenters. The molecule has 62 valence electrons. The van der Waals surface area contributed by atoms with Crippen LogP contribution in [0.1, 0.15) is 33.1 Å². The molecule has 0 fully saturated rings. The van der Waals surface area contributed by atoms with E-state index < -0.39 is 0 Å². The summed E-state index contributed by atoms with van der Waals surface area (Å²) < 4.78 is 0. The van der Waals surface area contributed by atoms with E-state index in [4.69, 9.17) is 0 Å². The molecule has 0 N–H and O–H groups in total. The summed E-state index contributed by atoms with van der Waals surface area (Å²) in [7, 11) is 0. The summed E-state index contributed by atoms with van der Waals surface area (Å²) in [5.41, 5.74) is 0. The second kappa shape index (κ2) is 9.22. The first kappa shape index (κ1) is 10.2. The Morgan fingerprint density at radius 2 is 1.73 bits per heavy atom. The molecule has 0 atom stereocenters. The van der Waals surface area contributed by atoms with Crippen molar-refractivity contribution in [1.29, 1.82) is 0 Å². The molecule has 0 amide bonds. The molecule has 0 saturated carbocycles. The van der Waals surface area contributed by atoms with Gasteiger partial charge in [-0.25, -0.2) is 0 Å². The molecule has 0 aromatic carbocycles. The lowest BCUT2D eigenvalue weighted by Gasteiger charge is -1.84. The summed E-state index contributed by atoms with van der Waals surface area (Å²) in [5, 5.41) is 0. The first-order chi connectivity index (χ1) is 5.41. The highest BCUT2D eigenvalue weighted by atomic mass is 13.8. The molecule has 0 saturated heterocycles. The quantitative estimate of drug-likeness (QED) is 0.412. The van der Waals surface area contributed by atoms with Crippen molar-refractivity contribution in [3.8, 4) is 0 Å². The average molecular weight is 150 g/mol. The van der Waals surface area contributed by atoms with Crippen molar-refractivity contribution in [3.63, 3.8) is 0 Å². The third-order valence-electron chi connectivity index (χ3n) is 1.39. The minimum absolute atomic E-state index is 1.21. The highest BCUT2D eigenvalue weighted by Crippen LogP contribution is 1.94. The largest absolute Gasteiger partial charge is 0.0877 e. The lowest BCUT2D eigenvalue weighted by molar-refractivity contribution is 0.815. The smallest absolute Gasteiger partial charge is 0.0348 e. The van der Waals surface area contributed by atoms with Gasteiger partial charge in [-0.2, -0.15) is 0 Å². The van der Waals surface area contributed by atoms with E-state index in [1.54, 1.807) is 0 Å². The number of rotatable bonds is 5. The molecule has 0 bridgehead atoms. The van der Waals surface area contributed by atoms with Crippen molar-refractivity contribution in [2.45, 2.75) is 33.1 Å². The Morgan fingerprint density at radius 1 is 1.00 bits per heavy atom. The molecule has 0 aromatic rings. The Balaban J connectivity index is 3.28. The van der Waals surface area contributed by atoms with E-state index in [0.717, 1.165) is 0 Å². The van der Waals surface area contributed by atoms with Crippen LogP contribution in [0.3, 0.4) is 0 Å². The molecule has 0 heteroatoms. The zero-order valence-electron chi connectivity index (χ0n) is 7.59. The monoisotopic (exact) mass is 150 g/mol. The summed E-state index contributed by atoms with van der Waals surface area (Å²) >= 11 is 0. The van der Waals surface area contributed by atoms with Gasteiger partial charge in [0.2, 0.25) is 0 Å². The molecule has 0 nitrogen and oxygen atoms in total. The molecular formula is C11H18. The van der Waals surface area contributed by atoms with Gasteiger partial charge in [-0.1, -0.05) is 56.2 Å². The highest BCUT2D eigenvalue weighted by Gasteiger charge is 1.74. The van der Waals surface area contributed by atoms with Gasteiger partial charge in [0.1, 0.15) is 0 Å². The maximum Gasteiger partial charge on any atom is -0.0348 e. The van der Waals surface area contributed by atoms with E-state index >= 15 is 0 Å². The van der Waals surface area contributed by atoms with E-state index in [0.29, 0.717) is 0 Å². The number of allylic oxidation sites excluding steroid dienone is 6. The maximum absolute atomic E-state index is 2.21. The number of hydrogen-bond donors (Lipinski definition) is 0. The SMILES string of the molecule is C/C=C/C=C/C=C\CCCC. The third kappa shape index (κ3) is 9.22. The molecule has 0 aromatic heterocycles. The normalized spacial score (nSPS) is 12.5. The van der Waals surface area contributed by atoms with Gasteiger partial charge in [0.05, 0.1) is 0 Å². The van der Waals surface area contributed by atoms with Gasteiger partial charge in [0.15, 0.2) is 0 Å². The van der Waals surface area contributed by atoms with Crippen LogP contribution in [-0.2, 0) is 0 Å². The predicted molar refractivity (Wildman–Crippen MR) is 52.6 cm³/mol. The Bertz CT molecular complexity index is 138. The van der Waals surface area contributed by atoms with Crippen LogP contribution in [0.2, 0.25) is 0 Å². The minimum atomic E-state index is 1.21. The zero-order chi connectivity index (χ0) is 8.36. The van der Waals surface area contributed by atoms with Crippen LogP contribution < -0.4 is 0 Å².